The van der Waals surface area contributed by atoms with Gasteiger partial charge in [-0.15, -0.1) is 0 Å². The molecule has 6 heteroatoms. The number of hydrogen-bond donors (Lipinski definition) is 0. The Morgan fingerprint density at radius 3 is 2.18 bits per heavy atom. The molecule has 1 heterocycles. The highest BCUT2D eigenvalue weighted by Gasteiger charge is 2.25. The van der Waals surface area contributed by atoms with Crippen LogP contribution in [-0.4, -0.2) is 25.2 Å². The van der Waals surface area contributed by atoms with Crippen molar-refractivity contribution in [2.24, 2.45) is 4.99 Å². The average Bonchev–Trinajstić information content (AvgIpc) is 3.16. The van der Waals surface area contributed by atoms with Gasteiger partial charge in [0.1, 0.15) is 42.2 Å². The van der Waals surface area contributed by atoms with Gasteiger partial charge in [-0.1, -0.05) is 46.3 Å². The van der Waals surface area contributed by atoms with Crippen LogP contribution < -0.4 is 4.74 Å². The third-order valence-electron chi connectivity index (χ3n) is 4.36. The van der Waals surface area contributed by atoms with Gasteiger partial charge in [0.05, 0.1) is 0 Å². The molecule has 3 aromatic carbocycles. The third kappa shape index (κ3) is 4.07. The SMILES string of the molecule is Fc1cccc(F)c1C1=NC(COc2ccc(-c3ccc(Br)cc3)cc2)CO1. The zero-order chi connectivity index (χ0) is 19.5. The van der Waals surface area contributed by atoms with Gasteiger partial charge in [0.25, 0.3) is 0 Å². The van der Waals surface area contributed by atoms with Crippen LogP contribution in [0, 0.1) is 11.6 Å². The van der Waals surface area contributed by atoms with Crippen LogP contribution in [0.25, 0.3) is 11.1 Å². The highest BCUT2D eigenvalue weighted by molar-refractivity contribution is 9.10. The summed E-state index contributed by atoms with van der Waals surface area (Å²) in [6.45, 7) is 0.483. The molecule has 0 spiro atoms. The number of rotatable bonds is 5. The van der Waals surface area contributed by atoms with Crippen molar-refractivity contribution >= 4 is 21.8 Å². The van der Waals surface area contributed by atoms with Crippen LogP contribution in [0.3, 0.4) is 0 Å². The fourth-order valence-electron chi connectivity index (χ4n) is 2.92. The van der Waals surface area contributed by atoms with Crippen molar-refractivity contribution in [1.82, 2.24) is 0 Å². The summed E-state index contributed by atoms with van der Waals surface area (Å²) in [5.41, 5.74) is 1.96. The maximum atomic E-state index is 13.8. The Kier molecular flexibility index (Phi) is 5.39. The molecule has 3 aromatic rings. The second kappa shape index (κ2) is 8.10. The second-order valence-electron chi connectivity index (χ2n) is 6.34. The molecule has 0 amide bonds. The Morgan fingerprint density at radius 1 is 0.929 bits per heavy atom. The molecule has 0 N–H and O–H groups in total. The van der Waals surface area contributed by atoms with Crippen LogP contribution in [0.4, 0.5) is 8.78 Å². The van der Waals surface area contributed by atoms with Gasteiger partial charge in [0.15, 0.2) is 0 Å². The monoisotopic (exact) mass is 443 g/mol. The third-order valence-corrected chi connectivity index (χ3v) is 4.89. The summed E-state index contributed by atoms with van der Waals surface area (Å²) in [5, 5.41) is 0. The lowest BCUT2D eigenvalue weighted by atomic mass is 10.1. The highest BCUT2D eigenvalue weighted by Crippen LogP contribution is 2.25. The largest absolute Gasteiger partial charge is 0.491 e. The Morgan fingerprint density at radius 2 is 1.54 bits per heavy atom. The fraction of sp³-hybridized carbons (Fsp3) is 0.136. The van der Waals surface area contributed by atoms with Crippen molar-refractivity contribution in [2.45, 2.75) is 6.04 Å². The number of halogens is 3. The van der Waals surface area contributed by atoms with E-state index in [9.17, 15) is 8.78 Å². The molecule has 0 aliphatic carbocycles. The summed E-state index contributed by atoms with van der Waals surface area (Å²) in [6, 6.07) is 19.1. The highest BCUT2D eigenvalue weighted by atomic mass is 79.9. The number of ether oxygens (including phenoxy) is 2. The van der Waals surface area contributed by atoms with Gasteiger partial charge in [-0.3, -0.25) is 0 Å². The lowest BCUT2D eigenvalue weighted by Gasteiger charge is -2.09. The zero-order valence-electron chi connectivity index (χ0n) is 14.7. The van der Waals surface area contributed by atoms with Crippen LogP contribution in [0.1, 0.15) is 5.56 Å². The van der Waals surface area contributed by atoms with Crippen molar-refractivity contribution in [3.05, 3.63) is 88.4 Å². The lowest BCUT2D eigenvalue weighted by molar-refractivity contribution is 0.242. The van der Waals surface area contributed by atoms with Gasteiger partial charge in [-0.2, -0.15) is 0 Å². The molecule has 0 saturated carbocycles. The van der Waals surface area contributed by atoms with Crippen LogP contribution in [-0.2, 0) is 4.74 Å². The molecule has 28 heavy (non-hydrogen) atoms. The first kappa shape index (κ1) is 18.6. The van der Waals surface area contributed by atoms with Gasteiger partial charge in [0, 0.05) is 4.47 Å². The smallest absolute Gasteiger partial charge is 0.222 e. The van der Waals surface area contributed by atoms with E-state index in [1.165, 1.54) is 18.2 Å². The molecule has 0 bridgehead atoms. The number of aliphatic imine (C=N–C) groups is 1. The lowest BCUT2D eigenvalue weighted by Crippen LogP contribution is -2.16. The number of nitrogens with zero attached hydrogens (tertiary/aromatic N) is 1. The van der Waals surface area contributed by atoms with E-state index in [2.05, 4.69) is 20.9 Å². The van der Waals surface area contributed by atoms with Crippen molar-refractivity contribution in [1.29, 1.82) is 0 Å². The summed E-state index contributed by atoms with van der Waals surface area (Å²) in [6.07, 6.45) is 0. The van der Waals surface area contributed by atoms with Gasteiger partial charge < -0.3 is 9.47 Å². The molecular formula is C22H16BrF2NO2. The van der Waals surface area contributed by atoms with Gasteiger partial charge >= 0.3 is 0 Å². The minimum absolute atomic E-state index is 0.0187. The molecule has 3 nitrogen and oxygen atoms in total. The molecule has 1 aliphatic rings. The van der Waals surface area contributed by atoms with Crippen LogP contribution in [0.15, 0.2) is 76.2 Å². The van der Waals surface area contributed by atoms with Gasteiger partial charge in [-0.05, 0) is 47.5 Å². The van der Waals surface area contributed by atoms with Gasteiger partial charge in [-0.25, -0.2) is 13.8 Å². The zero-order valence-corrected chi connectivity index (χ0v) is 16.3. The Hall–Kier alpha value is -2.73. The van der Waals surface area contributed by atoms with Crippen molar-refractivity contribution in [3.63, 3.8) is 0 Å². The maximum Gasteiger partial charge on any atom is 0.222 e. The second-order valence-corrected chi connectivity index (χ2v) is 7.25. The first-order valence-corrected chi connectivity index (χ1v) is 9.53. The number of hydrogen-bond acceptors (Lipinski definition) is 3. The van der Waals surface area contributed by atoms with E-state index in [4.69, 9.17) is 9.47 Å². The molecular weight excluding hydrogens is 428 g/mol. The van der Waals surface area contributed by atoms with Crippen molar-refractivity contribution < 1.29 is 18.3 Å². The standard InChI is InChI=1S/C22H16BrF2NO2/c23-16-8-4-14(5-9-16)15-6-10-18(11-7-15)27-12-17-13-28-22(26-17)21-19(24)2-1-3-20(21)25/h1-11,17H,12-13H2. The first-order chi connectivity index (χ1) is 13.6. The Bertz CT molecular complexity index is 984. The predicted molar refractivity (Wildman–Crippen MR) is 108 cm³/mol. The number of benzene rings is 3. The van der Waals surface area contributed by atoms with Crippen molar-refractivity contribution in [2.75, 3.05) is 13.2 Å². The van der Waals surface area contributed by atoms with Crippen LogP contribution in [0.5, 0.6) is 5.75 Å². The molecule has 0 fully saturated rings. The summed E-state index contributed by atoms with van der Waals surface area (Å²) < 4.78 is 39.9. The quantitative estimate of drug-likeness (QED) is 0.512. The fourth-order valence-corrected chi connectivity index (χ4v) is 3.18. The Balaban J connectivity index is 1.40. The molecule has 0 aromatic heterocycles. The summed E-state index contributed by atoms with van der Waals surface area (Å²) >= 11 is 3.43. The van der Waals surface area contributed by atoms with E-state index >= 15 is 0 Å². The topological polar surface area (TPSA) is 30.8 Å². The molecule has 1 aliphatic heterocycles. The molecule has 142 valence electrons. The maximum absolute atomic E-state index is 13.8. The molecule has 4 rings (SSSR count). The molecule has 1 unspecified atom stereocenters. The minimum atomic E-state index is -0.691. The summed E-state index contributed by atoms with van der Waals surface area (Å²) in [4.78, 5) is 4.25. The van der Waals surface area contributed by atoms with E-state index in [0.29, 0.717) is 5.75 Å². The summed E-state index contributed by atoms with van der Waals surface area (Å²) in [5.74, 6) is -0.705. The van der Waals surface area contributed by atoms with Crippen molar-refractivity contribution in [3.8, 4) is 16.9 Å². The van der Waals surface area contributed by atoms with Crippen LogP contribution in [0.2, 0.25) is 0 Å². The van der Waals surface area contributed by atoms with E-state index in [1.54, 1.807) is 0 Å². The molecule has 0 radical (unpaired) electrons. The minimum Gasteiger partial charge on any atom is -0.491 e. The Labute approximate surface area is 169 Å². The normalized spacial score (nSPS) is 15.8. The van der Waals surface area contributed by atoms with E-state index < -0.39 is 11.6 Å². The van der Waals surface area contributed by atoms with Crippen LogP contribution >= 0.6 is 15.9 Å². The first-order valence-electron chi connectivity index (χ1n) is 8.74. The van der Waals surface area contributed by atoms with E-state index in [-0.39, 0.29) is 30.7 Å². The van der Waals surface area contributed by atoms with E-state index in [1.807, 2.05) is 48.5 Å². The molecule has 0 saturated heterocycles. The average molecular weight is 444 g/mol. The van der Waals surface area contributed by atoms with Gasteiger partial charge in [0.2, 0.25) is 5.90 Å². The predicted octanol–water partition coefficient (Wildman–Crippen LogP) is 5.62. The van der Waals surface area contributed by atoms with E-state index in [0.717, 1.165) is 15.6 Å². The molecule has 1 atom stereocenters. The summed E-state index contributed by atoms with van der Waals surface area (Å²) in [7, 11) is 0.